The molecule has 0 aromatic carbocycles. The number of carbonyl (C=O) groups is 3. The van der Waals surface area contributed by atoms with E-state index < -0.39 is 6.10 Å². The Morgan fingerprint density at radius 2 is 0.466 bits per heavy atom. The van der Waals surface area contributed by atoms with Crippen molar-refractivity contribution < 1.29 is 28.6 Å². The van der Waals surface area contributed by atoms with E-state index >= 15 is 0 Å². The summed E-state index contributed by atoms with van der Waals surface area (Å²) in [6.45, 7) is 6.60. The number of unbranched alkanes of at least 4 members (excludes halogenated alkanes) is 37. The summed E-state index contributed by atoms with van der Waals surface area (Å²) in [4.78, 5) is 37.6. The van der Waals surface area contributed by atoms with E-state index in [1.165, 1.54) is 193 Å². The lowest BCUT2D eigenvalue weighted by Gasteiger charge is -2.18. The smallest absolute Gasteiger partial charge is 0.306 e. The van der Waals surface area contributed by atoms with Crippen molar-refractivity contribution in [3.63, 3.8) is 0 Å². The van der Waals surface area contributed by atoms with Crippen LogP contribution in [0.3, 0.4) is 0 Å². The zero-order valence-corrected chi connectivity index (χ0v) is 39.3. The highest BCUT2D eigenvalue weighted by Gasteiger charge is 2.19. The van der Waals surface area contributed by atoms with E-state index in [1.54, 1.807) is 0 Å². The van der Waals surface area contributed by atoms with Crippen LogP contribution in [0.1, 0.15) is 297 Å². The van der Waals surface area contributed by atoms with Crippen LogP contribution < -0.4 is 0 Å². The van der Waals surface area contributed by atoms with Crippen LogP contribution in [0.5, 0.6) is 0 Å². The number of ether oxygens (including phenoxy) is 3. The lowest BCUT2D eigenvalue weighted by atomic mass is 10.0. The third kappa shape index (κ3) is 45.5. The molecule has 0 aliphatic carbocycles. The minimum absolute atomic E-state index is 0.0636. The Kier molecular flexibility index (Phi) is 46.8. The Bertz CT molecular complexity index is 859. The molecule has 0 N–H and O–H groups in total. The fourth-order valence-electron chi connectivity index (χ4n) is 7.92. The third-order valence-electron chi connectivity index (χ3n) is 11.9. The van der Waals surface area contributed by atoms with Crippen LogP contribution in [0.4, 0.5) is 0 Å². The minimum atomic E-state index is -0.757. The van der Waals surface area contributed by atoms with Gasteiger partial charge in [-0.05, 0) is 19.3 Å². The number of esters is 3. The molecule has 0 unspecified atom stereocenters. The molecule has 0 radical (unpaired) electrons. The second-order valence-corrected chi connectivity index (χ2v) is 17.8. The molecule has 0 aliphatic rings. The van der Waals surface area contributed by atoms with Crippen molar-refractivity contribution in [3.8, 4) is 0 Å². The zero-order chi connectivity index (χ0) is 42.3. The molecule has 0 aromatic heterocycles. The molecule has 0 rings (SSSR count). The summed E-state index contributed by atoms with van der Waals surface area (Å²) in [6, 6.07) is 0. The highest BCUT2D eigenvalue weighted by Crippen LogP contribution is 2.17. The van der Waals surface area contributed by atoms with Gasteiger partial charge in [0, 0.05) is 19.3 Å². The average Bonchev–Trinajstić information content (AvgIpc) is 3.22. The van der Waals surface area contributed by atoms with Crippen molar-refractivity contribution in [1.82, 2.24) is 0 Å². The van der Waals surface area contributed by atoms with E-state index in [-0.39, 0.29) is 31.1 Å². The van der Waals surface area contributed by atoms with Gasteiger partial charge in [0.25, 0.3) is 0 Å². The first-order valence-corrected chi connectivity index (χ1v) is 26.0. The maximum absolute atomic E-state index is 12.6. The lowest BCUT2D eigenvalue weighted by molar-refractivity contribution is -0.167. The maximum atomic E-state index is 12.6. The molecule has 0 aromatic rings. The van der Waals surface area contributed by atoms with Crippen LogP contribution >= 0.6 is 0 Å². The summed E-state index contributed by atoms with van der Waals surface area (Å²) in [5.41, 5.74) is 0. The summed E-state index contributed by atoms with van der Waals surface area (Å²) in [5, 5.41) is 0. The van der Waals surface area contributed by atoms with Crippen LogP contribution in [-0.4, -0.2) is 37.2 Å². The third-order valence-corrected chi connectivity index (χ3v) is 11.9. The lowest BCUT2D eigenvalue weighted by Crippen LogP contribution is -2.30. The predicted octanol–water partition coefficient (Wildman–Crippen LogP) is 16.8. The highest BCUT2D eigenvalue weighted by molar-refractivity contribution is 5.71. The number of hydrogen-bond acceptors (Lipinski definition) is 6. The zero-order valence-electron chi connectivity index (χ0n) is 39.3. The van der Waals surface area contributed by atoms with E-state index in [4.69, 9.17) is 14.2 Å². The van der Waals surface area contributed by atoms with E-state index in [0.29, 0.717) is 19.3 Å². The van der Waals surface area contributed by atoms with E-state index in [1.807, 2.05) is 0 Å². The molecule has 0 aliphatic heterocycles. The fourth-order valence-corrected chi connectivity index (χ4v) is 7.92. The molecule has 58 heavy (non-hydrogen) atoms. The first kappa shape index (κ1) is 56.4. The van der Waals surface area contributed by atoms with E-state index in [0.717, 1.165) is 64.2 Å². The first-order valence-electron chi connectivity index (χ1n) is 26.0. The predicted molar refractivity (Wildman–Crippen MR) is 247 cm³/mol. The van der Waals surface area contributed by atoms with Crippen molar-refractivity contribution in [1.29, 1.82) is 0 Å². The van der Waals surface area contributed by atoms with Gasteiger partial charge in [0.05, 0.1) is 0 Å². The number of carbonyl (C=O) groups excluding carboxylic acids is 3. The van der Waals surface area contributed by atoms with Gasteiger partial charge in [-0.15, -0.1) is 0 Å². The minimum Gasteiger partial charge on any atom is -0.462 e. The Labute approximate surface area is 361 Å². The van der Waals surface area contributed by atoms with E-state index in [9.17, 15) is 14.4 Å². The molecule has 6 heteroatoms. The summed E-state index contributed by atoms with van der Waals surface area (Å²) in [7, 11) is 0. The van der Waals surface area contributed by atoms with Crippen molar-refractivity contribution in [3.05, 3.63) is 0 Å². The van der Waals surface area contributed by atoms with Gasteiger partial charge < -0.3 is 14.2 Å². The van der Waals surface area contributed by atoms with Gasteiger partial charge in [0.15, 0.2) is 6.10 Å². The molecule has 0 fully saturated rings. The van der Waals surface area contributed by atoms with Gasteiger partial charge in [-0.3, -0.25) is 14.4 Å². The average molecular weight is 821 g/mol. The van der Waals surface area contributed by atoms with Gasteiger partial charge >= 0.3 is 17.9 Å². The topological polar surface area (TPSA) is 78.9 Å². The Morgan fingerprint density at radius 3 is 0.690 bits per heavy atom. The standard InChI is InChI=1S/C52H100O6/c1-4-7-10-13-15-17-19-21-23-25-27-29-31-33-35-37-40-42-45-51(54)57-48-49(58-52(55)46-43-38-12-9-6-3)47-56-50(53)44-41-39-36-34-32-30-28-26-24-22-20-18-16-14-11-8-5-2/h49H,4-48H2,1-3H3/t49-/m1/s1. The second kappa shape index (κ2) is 48.1. The summed E-state index contributed by atoms with van der Waals surface area (Å²) in [6.07, 6.45) is 51.3. The molecule has 344 valence electrons. The Hall–Kier alpha value is -1.59. The molecule has 0 amide bonds. The summed E-state index contributed by atoms with van der Waals surface area (Å²) < 4.78 is 16.7. The van der Waals surface area contributed by atoms with Crippen LogP contribution in [0.25, 0.3) is 0 Å². The SMILES string of the molecule is CCCCCCCCCCCCCCCCCCCCC(=O)OC[C@@H](COC(=O)CCCCCCCCCCCCCCCCCCC)OC(=O)CCCCCCC. The molecular weight excluding hydrogens is 721 g/mol. The summed E-state index contributed by atoms with van der Waals surface area (Å²) in [5.74, 6) is -0.858. The molecule has 6 nitrogen and oxygen atoms in total. The van der Waals surface area contributed by atoms with Crippen molar-refractivity contribution in [2.24, 2.45) is 0 Å². The fraction of sp³-hybridized carbons (Fsp3) is 0.942. The maximum Gasteiger partial charge on any atom is 0.306 e. The van der Waals surface area contributed by atoms with Crippen LogP contribution in [0.15, 0.2) is 0 Å². The van der Waals surface area contributed by atoms with E-state index in [2.05, 4.69) is 20.8 Å². The molecule has 0 heterocycles. The monoisotopic (exact) mass is 821 g/mol. The van der Waals surface area contributed by atoms with Crippen LogP contribution in [-0.2, 0) is 28.6 Å². The second-order valence-electron chi connectivity index (χ2n) is 17.8. The van der Waals surface area contributed by atoms with Crippen LogP contribution in [0, 0.1) is 0 Å². The van der Waals surface area contributed by atoms with Crippen molar-refractivity contribution in [2.45, 2.75) is 303 Å². The molecule has 0 spiro atoms. The van der Waals surface area contributed by atoms with Crippen molar-refractivity contribution >= 4 is 17.9 Å². The largest absolute Gasteiger partial charge is 0.462 e. The van der Waals surface area contributed by atoms with Crippen LogP contribution in [0.2, 0.25) is 0 Å². The molecular formula is C52H100O6. The number of rotatable bonds is 48. The van der Waals surface area contributed by atoms with Crippen molar-refractivity contribution in [2.75, 3.05) is 13.2 Å². The van der Waals surface area contributed by atoms with Gasteiger partial charge in [0.2, 0.25) is 0 Å². The quantitative estimate of drug-likeness (QED) is 0.0346. The van der Waals surface area contributed by atoms with Gasteiger partial charge in [-0.1, -0.05) is 258 Å². The number of hydrogen-bond donors (Lipinski definition) is 0. The molecule has 0 saturated heterocycles. The normalized spacial score (nSPS) is 11.8. The van der Waals surface area contributed by atoms with Gasteiger partial charge in [-0.25, -0.2) is 0 Å². The Balaban J connectivity index is 4.04. The Morgan fingerprint density at radius 1 is 0.276 bits per heavy atom. The molecule has 1 atom stereocenters. The summed E-state index contributed by atoms with van der Waals surface area (Å²) >= 11 is 0. The first-order chi connectivity index (χ1) is 28.5. The van der Waals surface area contributed by atoms with Gasteiger partial charge in [0.1, 0.15) is 13.2 Å². The molecule has 0 saturated carbocycles. The highest BCUT2D eigenvalue weighted by atomic mass is 16.6. The molecule has 0 bridgehead atoms. The van der Waals surface area contributed by atoms with Gasteiger partial charge in [-0.2, -0.15) is 0 Å².